The van der Waals surface area contributed by atoms with Crippen LogP contribution in [-0.4, -0.2) is 29.9 Å². The van der Waals surface area contributed by atoms with E-state index >= 15 is 0 Å². The standard InChI is InChI=1S/C9H13NO3/c1-3-4-10-7-5-13-9(12)8(7)6(2)11/h11H,3-5H2,1-2H3/b8-6-,10-7?. The van der Waals surface area contributed by atoms with Crippen LogP contribution in [0, 0.1) is 0 Å². The number of hydrogen-bond donors (Lipinski definition) is 1. The van der Waals surface area contributed by atoms with Gasteiger partial charge in [-0.25, -0.2) is 4.79 Å². The number of hydrogen-bond acceptors (Lipinski definition) is 4. The lowest BCUT2D eigenvalue weighted by atomic mass is 10.1. The summed E-state index contributed by atoms with van der Waals surface area (Å²) in [7, 11) is 0. The number of carbonyl (C=O) groups excluding carboxylic acids is 1. The quantitative estimate of drug-likeness (QED) is 0.398. The maximum absolute atomic E-state index is 11.1. The minimum Gasteiger partial charge on any atom is -0.512 e. The van der Waals surface area contributed by atoms with Crippen molar-refractivity contribution < 1.29 is 14.6 Å². The Balaban J connectivity index is 2.89. The molecule has 0 bridgehead atoms. The van der Waals surface area contributed by atoms with Gasteiger partial charge in [-0.05, 0) is 13.3 Å². The van der Waals surface area contributed by atoms with Crippen molar-refractivity contribution in [2.24, 2.45) is 4.99 Å². The number of nitrogens with zero attached hydrogens (tertiary/aromatic N) is 1. The highest BCUT2D eigenvalue weighted by Crippen LogP contribution is 2.14. The molecule has 0 amide bonds. The summed E-state index contributed by atoms with van der Waals surface area (Å²) < 4.78 is 4.75. The molecule has 0 aliphatic carbocycles. The van der Waals surface area contributed by atoms with E-state index in [9.17, 15) is 9.90 Å². The molecule has 1 N–H and O–H groups in total. The van der Waals surface area contributed by atoms with E-state index in [2.05, 4.69) is 4.99 Å². The van der Waals surface area contributed by atoms with Gasteiger partial charge in [0.15, 0.2) is 0 Å². The molecule has 1 aliphatic rings. The second-order valence-corrected chi connectivity index (χ2v) is 2.86. The topological polar surface area (TPSA) is 58.9 Å². The van der Waals surface area contributed by atoms with Crippen molar-refractivity contribution in [3.05, 3.63) is 11.3 Å². The molecule has 1 fully saturated rings. The lowest BCUT2D eigenvalue weighted by Gasteiger charge is -1.96. The lowest BCUT2D eigenvalue weighted by molar-refractivity contribution is -0.135. The SMILES string of the molecule is CCCN=C1COC(=O)/C1=C(/C)O. The average molecular weight is 183 g/mol. The van der Waals surface area contributed by atoms with Gasteiger partial charge in [0.2, 0.25) is 0 Å². The molecule has 1 heterocycles. The third kappa shape index (κ3) is 2.08. The molecule has 1 aliphatic heterocycles. The number of cyclic esters (lactones) is 1. The van der Waals surface area contributed by atoms with E-state index in [4.69, 9.17) is 4.74 Å². The van der Waals surface area contributed by atoms with Gasteiger partial charge in [0.25, 0.3) is 0 Å². The molecule has 0 radical (unpaired) electrons. The number of aliphatic imine (C=N–C) groups is 1. The second-order valence-electron chi connectivity index (χ2n) is 2.86. The van der Waals surface area contributed by atoms with Crippen LogP contribution in [0.5, 0.6) is 0 Å². The van der Waals surface area contributed by atoms with E-state index in [0.717, 1.165) is 6.42 Å². The van der Waals surface area contributed by atoms with Gasteiger partial charge in [-0.2, -0.15) is 0 Å². The molecule has 0 atom stereocenters. The number of rotatable bonds is 2. The fourth-order valence-corrected chi connectivity index (χ4v) is 1.12. The zero-order chi connectivity index (χ0) is 9.84. The number of ether oxygens (including phenoxy) is 1. The van der Waals surface area contributed by atoms with Crippen LogP contribution in [0.4, 0.5) is 0 Å². The number of esters is 1. The Morgan fingerprint density at radius 2 is 2.38 bits per heavy atom. The van der Waals surface area contributed by atoms with Crippen molar-refractivity contribution in [1.29, 1.82) is 0 Å². The summed E-state index contributed by atoms with van der Waals surface area (Å²) in [6, 6.07) is 0. The highest BCUT2D eigenvalue weighted by atomic mass is 16.5. The Labute approximate surface area is 76.9 Å². The molecule has 0 aromatic heterocycles. The smallest absolute Gasteiger partial charge is 0.343 e. The molecule has 1 saturated heterocycles. The van der Waals surface area contributed by atoms with Crippen LogP contribution in [-0.2, 0) is 9.53 Å². The molecule has 0 aromatic rings. The first-order valence-corrected chi connectivity index (χ1v) is 4.27. The highest BCUT2D eigenvalue weighted by Gasteiger charge is 2.28. The van der Waals surface area contributed by atoms with Crippen molar-refractivity contribution in [2.45, 2.75) is 20.3 Å². The van der Waals surface area contributed by atoms with E-state index in [1.54, 1.807) is 0 Å². The molecular weight excluding hydrogens is 170 g/mol. The van der Waals surface area contributed by atoms with Gasteiger partial charge in [-0.1, -0.05) is 6.92 Å². The Kier molecular flexibility index (Phi) is 3.06. The minimum absolute atomic E-state index is 0.0163. The second kappa shape index (κ2) is 4.07. The fraction of sp³-hybridized carbons (Fsp3) is 0.556. The summed E-state index contributed by atoms with van der Waals surface area (Å²) in [5, 5.41) is 9.19. The van der Waals surface area contributed by atoms with E-state index in [1.807, 2.05) is 6.92 Å². The van der Waals surface area contributed by atoms with Crippen molar-refractivity contribution in [3.63, 3.8) is 0 Å². The van der Waals surface area contributed by atoms with Crippen LogP contribution in [0.15, 0.2) is 16.3 Å². The van der Waals surface area contributed by atoms with Gasteiger partial charge in [0.1, 0.15) is 17.9 Å². The predicted octanol–water partition coefficient (Wildman–Crippen LogP) is 1.23. The maximum atomic E-state index is 11.1. The highest BCUT2D eigenvalue weighted by molar-refractivity contribution is 6.24. The first kappa shape index (κ1) is 9.77. The van der Waals surface area contributed by atoms with Crippen molar-refractivity contribution in [2.75, 3.05) is 13.2 Å². The Morgan fingerprint density at radius 3 is 2.92 bits per heavy atom. The Morgan fingerprint density at radius 1 is 1.69 bits per heavy atom. The van der Waals surface area contributed by atoms with Gasteiger partial charge < -0.3 is 9.84 Å². The van der Waals surface area contributed by atoms with Gasteiger partial charge in [0.05, 0.1) is 5.71 Å². The van der Waals surface area contributed by atoms with Crippen LogP contribution in [0.1, 0.15) is 20.3 Å². The third-order valence-electron chi connectivity index (χ3n) is 1.72. The van der Waals surface area contributed by atoms with Crippen molar-refractivity contribution in [3.8, 4) is 0 Å². The summed E-state index contributed by atoms with van der Waals surface area (Å²) in [4.78, 5) is 15.2. The Hall–Kier alpha value is -1.32. The molecular formula is C9H13NO3. The van der Waals surface area contributed by atoms with E-state index in [0.29, 0.717) is 12.3 Å². The molecule has 0 aromatic carbocycles. The van der Waals surface area contributed by atoms with Crippen molar-refractivity contribution >= 4 is 11.7 Å². The summed E-state index contributed by atoms with van der Waals surface area (Å²) in [6.07, 6.45) is 0.912. The van der Waals surface area contributed by atoms with Crippen LogP contribution in [0.3, 0.4) is 0 Å². The minimum atomic E-state index is -0.477. The molecule has 0 spiro atoms. The molecule has 1 rings (SSSR count). The van der Waals surface area contributed by atoms with Crippen LogP contribution in [0.2, 0.25) is 0 Å². The van der Waals surface area contributed by atoms with Gasteiger partial charge in [-0.3, -0.25) is 4.99 Å². The van der Waals surface area contributed by atoms with Crippen LogP contribution in [0.25, 0.3) is 0 Å². The number of allylic oxidation sites excluding steroid dienone is 1. The van der Waals surface area contributed by atoms with E-state index in [-0.39, 0.29) is 17.9 Å². The van der Waals surface area contributed by atoms with Crippen LogP contribution >= 0.6 is 0 Å². The third-order valence-corrected chi connectivity index (χ3v) is 1.72. The first-order valence-electron chi connectivity index (χ1n) is 4.27. The van der Waals surface area contributed by atoms with E-state index < -0.39 is 5.97 Å². The number of aliphatic hydroxyl groups excluding tert-OH is 1. The van der Waals surface area contributed by atoms with Crippen LogP contribution < -0.4 is 0 Å². The summed E-state index contributed by atoms with van der Waals surface area (Å²) >= 11 is 0. The number of carbonyl (C=O) groups is 1. The summed E-state index contributed by atoms with van der Waals surface area (Å²) in [5.74, 6) is -0.493. The fourth-order valence-electron chi connectivity index (χ4n) is 1.12. The zero-order valence-electron chi connectivity index (χ0n) is 7.83. The zero-order valence-corrected chi connectivity index (χ0v) is 7.83. The average Bonchev–Trinajstić information content (AvgIpc) is 2.43. The largest absolute Gasteiger partial charge is 0.512 e. The lowest BCUT2D eigenvalue weighted by Crippen LogP contribution is -2.05. The van der Waals surface area contributed by atoms with Gasteiger partial charge >= 0.3 is 5.97 Å². The molecule has 13 heavy (non-hydrogen) atoms. The van der Waals surface area contributed by atoms with Gasteiger partial charge in [-0.15, -0.1) is 0 Å². The molecule has 4 nitrogen and oxygen atoms in total. The molecule has 72 valence electrons. The first-order chi connectivity index (χ1) is 6.16. The van der Waals surface area contributed by atoms with Gasteiger partial charge in [0, 0.05) is 6.54 Å². The molecule has 0 saturated carbocycles. The maximum Gasteiger partial charge on any atom is 0.343 e. The molecule has 4 heteroatoms. The Bertz CT molecular complexity index is 275. The monoisotopic (exact) mass is 183 g/mol. The molecule has 0 unspecified atom stereocenters. The summed E-state index contributed by atoms with van der Waals surface area (Å²) in [6.45, 7) is 4.30. The number of aliphatic hydroxyl groups is 1. The predicted molar refractivity (Wildman–Crippen MR) is 48.9 cm³/mol. The van der Waals surface area contributed by atoms with Crippen molar-refractivity contribution in [1.82, 2.24) is 0 Å². The van der Waals surface area contributed by atoms with E-state index in [1.165, 1.54) is 6.92 Å². The normalized spacial score (nSPS) is 23.5. The summed E-state index contributed by atoms with van der Waals surface area (Å²) in [5.41, 5.74) is 0.792.